The number of para-hydroxylation sites is 1. The van der Waals surface area contributed by atoms with Crippen LogP contribution in [0.3, 0.4) is 0 Å². The highest BCUT2D eigenvalue weighted by atomic mass is 35.5. The van der Waals surface area contributed by atoms with E-state index in [0.29, 0.717) is 33.0 Å². The second kappa shape index (κ2) is 8.08. The van der Waals surface area contributed by atoms with Crippen molar-refractivity contribution in [2.24, 2.45) is 5.73 Å². The number of nitrogens with zero attached hydrogens (tertiary/aromatic N) is 3. The van der Waals surface area contributed by atoms with Crippen LogP contribution < -0.4 is 15.4 Å². The van der Waals surface area contributed by atoms with Crippen molar-refractivity contribution in [3.63, 3.8) is 0 Å². The second-order valence-electron chi connectivity index (χ2n) is 5.90. The molecule has 0 aliphatic carbocycles. The summed E-state index contributed by atoms with van der Waals surface area (Å²) in [5.41, 5.74) is 7.30. The third kappa shape index (κ3) is 3.98. The van der Waals surface area contributed by atoms with Gasteiger partial charge in [0.1, 0.15) is 12.4 Å². The van der Waals surface area contributed by atoms with Gasteiger partial charge >= 0.3 is 0 Å². The maximum absolute atomic E-state index is 11.9. The number of hydrogen-bond donors (Lipinski definition) is 1. The summed E-state index contributed by atoms with van der Waals surface area (Å²) in [6, 6.07) is 10.9. The minimum Gasteiger partial charge on any atom is -0.472 e. The van der Waals surface area contributed by atoms with Crippen LogP contribution >= 0.6 is 23.2 Å². The summed E-state index contributed by atoms with van der Waals surface area (Å²) >= 11 is 12.8. The Hall–Kier alpha value is -2.41. The Morgan fingerprint density at radius 3 is 2.67 bits per heavy atom. The molecule has 0 spiro atoms. The standard InChI is InChI=1S/C19H18Cl2N4O2/c1-11-23-15-6-4-3-5-12(15)19(24-11)27-10-13-14(20)7-8-16(18(13)21)25(2)17(26)9-22/h3-8H,9-10,22H2,1-2H3. The van der Waals surface area contributed by atoms with E-state index in [0.717, 1.165) is 10.9 Å². The number of aromatic nitrogens is 2. The van der Waals surface area contributed by atoms with Gasteiger partial charge in [0.05, 0.1) is 28.2 Å². The first-order chi connectivity index (χ1) is 12.9. The molecule has 1 aromatic heterocycles. The van der Waals surface area contributed by atoms with Gasteiger partial charge in [0.15, 0.2) is 0 Å². The van der Waals surface area contributed by atoms with Crippen molar-refractivity contribution in [3.8, 4) is 5.88 Å². The van der Waals surface area contributed by atoms with Crippen molar-refractivity contribution >= 4 is 45.7 Å². The summed E-state index contributed by atoms with van der Waals surface area (Å²) in [5, 5.41) is 1.57. The molecule has 1 heterocycles. The first kappa shape index (κ1) is 19.4. The number of nitrogens with two attached hydrogens (primary N) is 1. The molecule has 2 N–H and O–H groups in total. The lowest BCUT2D eigenvalue weighted by molar-refractivity contribution is -0.117. The molecule has 0 saturated carbocycles. The molecule has 0 radical (unpaired) electrons. The molecular formula is C19H18Cl2N4O2. The highest BCUT2D eigenvalue weighted by molar-refractivity contribution is 6.38. The highest BCUT2D eigenvalue weighted by Gasteiger charge is 2.18. The van der Waals surface area contributed by atoms with Crippen LogP contribution in [0.15, 0.2) is 36.4 Å². The van der Waals surface area contributed by atoms with Crippen LogP contribution in [0, 0.1) is 6.92 Å². The molecule has 8 heteroatoms. The van der Waals surface area contributed by atoms with E-state index in [2.05, 4.69) is 9.97 Å². The van der Waals surface area contributed by atoms with Gasteiger partial charge in [-0.05, 0) is 31.2 Å². The number of likely N-dealkylation sites (N-methyl/N-ethyl adjacent to an activating group) is 1. The van der Waals surface area contributed by atoms with Gasteiger partial charge in [0.2, 0.25) is 11.8 Å². The quantitative estimate of drug-likeness (QED) is 0.699. The molecule has 0 fully saturated rings. The van der Waals surface area contributed by atoms with Crippen LogP contribution in [-0.4, -0.2) is 29.5 Å². The summed E-state index contributed by atoms with van der Waals surface area (Å²) in [5.74, 6) is 0.786. The van der Waals surface area contributed by atoms with Crippen molar-refractivity contribution in [1.29, 1.82) is 0 Å². The van der Waals surface area contributed by atoms with E-state index in [9.17, 15) is 4.79 Å². The molecule has 0 bridgehead atoms. The molecular weight excluding hydrogens is 387 g/mol. The summed E-state index contributed by atoms with van der Waals surface area (Å²) in [6.45, 7) is 1.78. The Bertz CT molecular complexity index is 1010. The van der Waals surface area contributed by atoms with Gasteiger partial charge in [-0.2, -0.15) is 4.98 Å². The van der Waals surface area contributed by atoms with E-state index in [1.807, 2.05) is 24.3 Å². The average Bonchev–Trinajstić information content (AvgIpc) is 2.66. The topological polar surface area (TPSA) is 81.3 Å². The van der Waals surface area contributed by atoms with E-state index in [1.54, 1.807) is 26.1 Å². The van der Waals surface area contributed by atoms with Crippen LogP contribution in [-0.2, 0) is 11.4 Å². The Kier molecular flexibility index (Phi) is 5.79. The van der Waals surface area contributed by atoms with Crippen molar-refractivity contribution in [2.75, 3.05) is 18.5 Å². The second-order valence-corrected chi connectivity index (χ2v) is 6.68. The average molecular weight is 405 g/mol. The minimum absolute atomic E-state index is 0.0939. The number of carbonyl (C=O) groups is 1. The largest absolute Gasteiger partial charge is 0.472 e. The molecule has 0 aliphatic heterocycles. The predicted octanol–water partition coefficient (Wildman–Crippen LogP) is 3.75. The van der Waals surface area contributed by atoms with E-state index >= 15 is 0 Å². The van der Waals surface area contributed by atoms with Gasteiger partial charge in [-0.25, -0.2) is 4.98 Å². The number of anilines is 1. The fourth-order valence-electron chi connectivity index (χ4n) is 2.66. The summed E-state index contributed by atoms with van der Waals surface area (Å²) in [6.07, 6.45) is 0. The molecule has 1 amide bonds. The Morgan fingerprint density at radius 1 is 1.19 bits per heavy atom. The minimum atomic E-state index is -0.261. The van der Waals surface area contributed by atoms with E-state index in [1.165, 1.54) is 4.90 Å². The van der Waals surface area contributed by atoms with Crippen molar-refractivity contribution in [2.45, 2.75) is 13.5 Å². The molecule has 3 rings (SSSR count). The van der Waals surface area contributed by atoms with E-state index < -0.39 is 0 Å². The zero-order valence-electron chi connectivity index (χ0n) is 14.9. The van der Waals surface area contributed by atoms with Gasteiger partial charge in [-0.1, -0.05) is 35.3 Å². The molecule has 0 saturated heterocycles. The summed E-state index contributed by atoms with van der Waals surface area (Å²) in [7, 11) is 1.61. The number of benzene rings is 2. The zero-order chi connectivity index (χ0) is 19.6. The monoisotopic (exact) mass is 404 g/mol. The normalized spacial score (nSPS) is 10.9. The number of ether oxygens (including phenoxy) is 1. The van der Waals surface area contributed by atoms with Gasteiger partial charge in [0.25, 0.3) is 0 Å². The predicted molar refractivity (Wildman–Crippen MR) is 108 cm³/mol. The van der Waals surface area contributed by atoms with Gasteiger partial charge < -0.3 is 15.4 Å². The Balaban J connectivity index is 1.94. The maximum atomic E-state index is 11.9. The molecule has 2 aromatic carbocycles. The van der Waals surface area contributed by atoms with Crippen LogP contribution in [0.1, 0.15) is 11.4 Å². The number of hydrogen-bond acceptors (Lipinski definition) is 5. The highest BCUT2D eigenvalue weighted by Crippen LogP contribution is 2.35. The van der Waals surface area contributed by atoms with Crippen LogP contribution in [0.5, 0.6) is 5.88 Å². The fraction of sp³-hybridized carbons (Fsp3) is 0.211. The molecule has 0 atom stereocenters. The number of aryl methyl sites for hydroxylation is 1. The Morgan fingerprint density at radius 2 is 1.93 bits per heavy atom. The van der Waals surface area contributed by atoms with E-state index in [4.69, 9.17) is 33.7 Å². The Labute approximate surface area is 166 Å². The molecule has 0 aliphatic rings. The van der Waals surface area contributed by atoms with E-state index in [-0.39, 0.29) is 19.1 Å². The van der Waals surface area contributed by atoms with Gasteiger partial charge in [0, 0.05) is 17.6 Å². The third-order valence-electron chi connectivity index (χ3n) is 4.11. The SMILES string of the molecule is Cc1nc(OCc2c(Cl)ccc(N(C)C(=O)CN)c2Cl)c2ccccc2n1. The third-order valence-corrected chi connectivity index (χ3v) is 4.88. The van der Waals surface area contributed by atoms with Crippen molar-refractivity contribution in [3.05, 3.63) is 57.8 Å². The van der Waals surface area contributed by atoms with Crippen LogP contribution in [0.25, 0.3) is 10.9 Å². The molecule has 3 aromatic rings. The van der Waals surface area contributed by atoms with Crippen molar-refractivity contribution in [1.82, 2.24) is 9.97 Å². The number of carbonyl (C=O) groups excluding carboxylic acids is 1. The number of halogens is 2. The zero-order valence-corrected chi connectivity index (χ0v) is 16.4. The number of rotatable bonds is 5. The van der Waals surface area contributed by atoms with Gasteiger partial charge in [-0.3, -0.25) is 4.79 Å². The summed E-state index contributed by atoms with van der Waals surface area (Å²) < 4.78 is 5.92. The number of amides is 1. The first-order valence-corrected chi connectivity index (χ1v) is 8.97. The van der Waals surface area contributed by atoms with Gasteiger partial charge in [-0.15, -0.1) is 0 Å². The summed E-state index contributed by atoms with van der Waals surface area (Å²) in [4.78, 5) is 22.0. The number of fused-ring (bicyclic) bond motifs is 1. The fourth-order valence-corrected chi connectivity index (χ4v) is 3.26. The lowest BCUT2D eigenvalue weighted by atomic mass is 10.2. The van der Waals surface area contributed by atoms with Crippen LogP contribution in [0.4, 0.5) is 5.69 Å². The molecule has 6 nitrogen and oxygen atoms in total. The molecule has 140 valence electrons. The van der Waals surface area contributed by atoms with Crippen LogP contribution in [0.2, 0.25) is 10.0 Å². The van der Waals surface area contributed by atoms with Crippen molar-refractivity contribution < 1.29 is 9.53 Å². The lowest BCUT2D eigenvalue weighted by Gasteiger charge is -2.20. The smallest absolute Gasteiger partial charge is 0.240 e. The maximum Gasteiger partial charge on any atom is 0.240 e. The molecule has 0 unspecified atom stereocenters. The molecule has 27 heavy (non-hydrogen) atoms. The lowest BCUT2D eigenvalue weighted by Crippen LogP contribution is -2.32. The first-order valence-electron chi connectivity index (χ1n) is 8.22.